The fraction of sp³-hybridized carbons (Fsp3) is 0.429. The summed E-state index contributed by atoms with van der Waals surface area (Å²) in [6.45, 7) is 0. The summed E-state index contributed by atoms with van der Waals surface area (Å²) in [4.78, 5) is 0. The van der Waals surface area contributed by atoms with Gasteiger partial charge in [-0.05, 0) is 36.2 Å². The molecule has 2 bridgehead atoms. The van der Waals surface area contributed by atoms with Gasteiger partial charge in [0.2, 0.25) is 0 Å². The van der Waals surface area contributed by atoms with Crippen molar-refractivity contribution in [3.63, 3.8) is 0 Å². The van der Waals surface area contributed by atoms with E-state index in [1.54, 1.807) is 0 Å². The van der Waals surface area contributed by atoms with Crippen LogP contribution in [0, 0.1) is 17.8 Å². The first kappa shape index (κ1) is 9.17. The van der Waals surface area contributed by atoms with Crippen LogP contribution >= 0.6 is 0 Å². The summed E-state index contributed by atoms with van der Waals surface area (Å²) >= 11 is 0. The van der Waals surface area contributed by atoms with Crippen LogP contribution < -0.4 is 0 Å². The smallest absolute Gasteiger partial charge is 0.0824 e. The number of hydrogen-bond acceptors (Lipinski definition) is 1. The lowest BCUT2D eigenvalue weighted by Crippen LogP contribution is -2.16. The van der Waals surface area contributed by atoms with Gasteiger partial charge in [0, 0.05) is 0 Å². The zero-order valence-corrected chi connectivity index (χ0v) is 8.71. The Labute approximate surface area is 90.4 Å². The van der Waals surface area contributed by atoms with E-state index in [1.807, 2.05) is 30.3 Å². The van der Waals surface area contributed by atoms with Gasteiger partial charge < -0.3 is 5.11 Å². The molecule has 0 aliphatic heterocycles. The van der Waals surface area contributed by atoms with Crippen LogP contribution in [0.1, 0.15) is 24.5 Å². The van der Waals surface area contributed by atoms with Crippen molar-refractivity contribution in [2.75, 3.05) is 0 Å². The number of aliphatic hydroxyl groups excluding tert-OH is 1. The normalized spacial score (nSPS) is 34.6. The monoisotopic (exact) mass is 200 g/mol. The van der Waals surface area contributed by atoms with Crippen LogP contribution in [0.15, 0.2) is 42.5 Å². The van der Waals surface area contributed by atoms with Crippen molar-refractivity contribution < 1.29 is 5.11 Å². The van der Waals surface area contributed by atoms with Gasteiger partial charge in [0.1, 0.15) is 0 Å². The maximum absolute atomic E-state index is 10.3. The van der Waals surface area contributed by atoms with E-state index in [0.717, 1.165) is 17.9 Å². The fourth-order valence-corrected chi connectivity index (χ4v) is 3.08. The molecular formula is C14H16O. The van der Waals surface area contributed by atoms with Gasteiger partial charge in [-0.15, -0.1) is 0 Å². The summed E-state index contributed by atoms with van der Waals surface area (Å²) in [5, 5.41) is 10.3. The molecule has 2 aliphatic rings. The molecule has 0 aromatic heterocycles. The molecule has 0 spiro atoms. The average Bonchev–Trinajstić information content (AvgIpc) is 2.91. The molecule has 0 saturated heterocycles. The molecule has 1 N–H and O–H groups in total. The van der Waals surface area contributed by atoms with Crippen LogP contribution in [0.2, 0.25) is 0 Å². The van der Waals surface area contributed by atoms with Crippen molar-refractivity contribution in [3.05, 3.63) is 48.0 Å². The Morgan fingerprint density at radius 2 is 1.87 bits per heavy atom. The zero-order chi connectivity index (χ0) is 10.3. The molecule has 1 heteroatoms. The fourth-order valence-electron chi connectivity index (χ4n) is 3.08. The molecule has 1 aromatic rings. The number of benzene rings is 1. The minimum Gasteiger partial charge on any atom is -0.388 e. The predicted octanol–water partition coefficient (Wildman–Crippen LogP) is 2.93. The topological polar surface area (TPSA) is 20.2 Å². The van der Waals surface area contributed by atoms with Crippen molar-refractivity contribution in [3.8, 4) is 0 Å². The average molecular weight is 200 g/mol. The van der Waals surface area contributed by atoms with E-state index in [4.69, 9.17) is 0 Å². The quantitative estimate of drug-likeness (QED) is 0.728. The highest BCUT2D eigenvalue weighted by Gasteiger charge is 2.39. The van der Waals surface area contributed by atoms with Gasteiger partial charge in [-0.1, -0.05) is 42.5 Å². The van der Waals surface area contributed by atoms with Crippen molar-refractivity contribution in [1.29, 1.82) is 0 Å². The molecule has 0 radical (unpaired) electrons. The molecule has 0 heterocycles. The lowest BCUT2D eigenvalue weighted by Gasteiger charge is -2.24. The largest absolute Gasteiger partial charge is 0.388 e. The van der Waals surface area contributed by atoms with E-state index >= 15 is 0 Å². The maximum atomic E-state index is 10.3. The van der Waals surface area contributed by atoms with Crippen LogP contribution in [-0.4, -0.2) is 5.11 Å². The molecule has 1 fully saturated rings. The van der Waals surface area contributed by atoms with E-state index in [0.29, 0.717) is 11.8 Å². The Hall–Kier alpha value is -1.08. The highest BCUT2D eigenvalue weighted by atomic mass is 16.3. The van der Waals surface area contributed by atoms with Gasteiger partial charge in [0.05, 0.1) is 6.10 Å². The van der Waals surface area contributed by atoms with Gasteiger partial charge in [-0.3, -0.25) is 0 Å². The number of hydrogen-bond donors (Lipinski definition) is 1. The van der Waals surface area contributed by atoms with Crippen molar-refractivity contribution >= 4 is 0 Å². The van der Waals surface area contributed by atoms with Crippen molar-refractivity contribution in [2.45, 2.75) is 18.9 Å². The Kier molecular flexibility index (Phi) is 2.14. The number of allylic oxidation sites excluding steroid dienone is 2. The van der Waals surface area contributed by atoms with E-state index in [2.05, 4.69) is 12.2 Å². The molecule has 0 unspecified atom stereocenters. The van der Waals surface area contributed by atoms with Crippen molar-refractivity contribution in [2.24, 2.45) is 17.8 Å². The maximum Gasteiger partial charge on any atom is 0.0824 e. The van der Waals surface area contributed by atoms with Crippen LogP contribution in [0.3, 0.4) is 0 Å². The lowest BCUT2D eigenvalue weighted by atomic mass is 9.85. The van der Waals surface area contributed by atoms with Crippen LogP contribution in [0.25, 0.3) is 0 Å². The Balaban J connectivity index is 1.81. The van der Waals surface area contributed by atoms with Gasteiger partial charge in [0.15, 0.2) is 0 Å². The first-order valence-corrected chi connectivity index (χ1v) is 5.76. The standard InChI is InChI=1S/C14H16O/c15-14(11-4-2-1-3-5-11)13-9-10-6-7-12(13)8-10/h1-7,10,12-15H,8-9H2/t10-,12-,13-,14-/m0/s1. The van der Waals surface area contributed by atoms with E-state index < -0.39 is 0 Å². The molecule has 78 valence electrons. The summed E-state index contributed by atoms with van der Waals surface area (Å²) < 4.78 is 0. The summed E-state index contributed by atoms with van der Waals surface area (Å²) in [6, 6.07) is 10.1. The number of fused-ring (bicyclic) bond motifs is 2. The molecular weight excluding hydrogens is 184 g/mol. The summed E-state index contributed by atoms with van der Waals surface area (Å²) in [6.07, 6.45) is 6.77. The minimum atomic E-state index is -0.272. The molecule has 1 nitrogen and oxygen atoms in total. The predicted molar refractivity (Wildman–Crippen MR) is 60.2 cm³/mol. The first-order chi connectivity index (χ1) is 7.34. The van der Waals surface area contributed by atoms with E-state index in [1.165, 1.54) is 6.42 Å². The Bertz CT molecular complexity index is 368. The number of rotatable bonds is 2. The SMILES string of the molecule is O[C@@H](c1ccccc1)[C@H]1C[C@H]2C=C[C@H]1C2. The molecule has 1 saturated carbocycles. The van der Waals surface area contributed by atoms with Crippen molar-refractivity contribution in [1.82, 2.24) is 0 Å². The molecule has 1 aromatic carbocycles. The lowest BCUT2D eigenvalue weighted by molar-refractivity contribution is 0.0936. The summed E-state index contributed by atoms with van der Waals surface area (Å²) in [7, 11) is 0. The third kappa shape index (κ3) is 1.51. The van der Waals surface area contributed by atoms with E-state index in [-0.39, 0.29) is 6.10 Å². The van der Waals surface area contributed by atoms with Gasteiger partial charge >= 0.3 is 0 Å². The van der Waals surface area contributed by atoms with Crippen LogP contribution in [0.4, 0.5) is 0 Å². The highest BCUT2D eigenvalue weighted by molar-refractivity contribution is 5.21. The Morgan fingerprint density at radius 3 is 2.47 bits per heavy atom. The van der Waals surface area contributed by atoms with Gasteiger partial charge in [0.25, 0.3) is 0 Å². The van der Waals surface area contributed by atoms with Gasteiger partial charge in [-0.2, -0.15) is 0 Å². The van der Waals surface area contributed by atoms with Crippen LogP contribution in [-0.2, 0) is 0 Å². The van der Waals surface area contributed by atoms with Gasteiger partial charge in [-0.25, -0.2) is 0 Å². The first-order valence-electron chi connectivity index (χ1n) is 5.76. The molecule has 3 rings (SSSR count). The molecule has 2 aliphatic carbocycles. The minimum absolute atomic E-state index is 0.272. The zero-order valence-electron chi connectivity index (χ0n) is 8.71. The number of aliphatic hydroxyl groups is 1. The third-order valence-electron chi connectivity index (χ3n) is 3.88. The molecule has 0 amide bonds. The highest BCUT2D eigenvalue weighted by Crippen LogP contribution is 2.48. The second-order valence-corrected chi connectivity index (χ2v) is 4.80. The summed E-state index contributed by atoms with van der Waals surface area (Å²) in [5.41, 5.74) is 1.07. The third-order valence-corrected chi connectivity index (χ3v) is 3.88. The summed E-state index contributed by atoms with van der Waals surface area (Å²) in [5.74, 6) is 1.80. The van der Waals surface area contributed by atoms with E-state index in [9.17, 15) is 5.11 Å². The second kappa shape index (κ2) is 3.49. The molecule has 4 atom stereocenters. The van der Waals surface area contributed by atoms with Crippen LogP contribution in [0.5, 0.6) is 0 Å². The second-order valence-electron chi connectivity index (χ2n) is 4.80. The molecule has 15 heavy (non-hydrogen) atoms. The Morgan fingerprint density at radius 1 is 1.07 bits per heavy atom.